The maximum atomic E-state index is 13.3. The molecule has 2 rings (SSSR count). The van der Waals surface area contributed by atoms with Gasteiger partial charge in [0.05, 0.1) is 0 Å². The first kappa shape index (κ1) is 13.5. The van der Waals surface area contributed by atoms with Gasteiger partial charge in [0.25, 0.3) is 0 Å². The fourth-order valence-electron chi connectivity index (χ4n) is 1.93. The predicted octanol–water partition coefficient (Wildman–Crippen LogP) is 3.10. The Morgan fingerprint density at radius 2 is 1.26 bits per heavy atom. The van der Waals surface area contributed by atoms with Crippen molar-refractivity contribution < 1.29 is 9.36 Å². The molecule has 0 aromatic heterocycles. The van der Waals surface area contributed by atoms with Crippen molar-refractivity contribution in [1.82, 2.24) is 0 Å². The topological polar surface area (TPSA) is 34.1 Å². The molecule has 3 heteroatoms. The van der Waals surface area contributed by atoms with Crippen LogP contribution in [0.5, 0.6) is 0 Å². The number of benzene rings is 2. The van der Waals surface area contributed by atoms with Crippen molar-refractivity contribution in [1.29, 1.82) is 0 Å². The summed E-state index contributed by atoms with van der Waals surface area (Å²) in [6.45, 7) is 5.25. The number of hydrogen-bond acceptors (Lipinski definition) is 2. The van der Waals surface area contributed by atoms with E-state index in [1.807, 2.05) is 12.1 Å². The fraction of sp³-hybridized carbons (Fsp3) is 0.0625. The van der Waals surface area contributed by atoms with E-state index in [9.17, 15) is 9.36 Å². The minimum Gasteiger partial charge on any atom is -0.305 e. The summed E-state index contributed by atoms with van der Waals surface area (Å²) >= 11 is 0. The number of rotatable bonds is 4. The van der Waals surface area contributed by atoms with E-state index in [0.29, 0.717) is 16.2 Å². The molecule has 96 valence electrons. The van der Waals surface area contributed by atoms with Crippen molar-refractivity contribution >= 4 is 23.3 Å². The maximum Gasteiger partial charge on any atom is 0.225 e. The van der Waals surface area contributed by atoms with Gasteiger partial charge in [-0.1, -0.05) is 67.2 Å². The quantitative estimate of drug-likeness (QED) is 0.632. The highest BCUT2D eigenvalue weighted by molar-refractivity contribution is 7.93. The van der Waals surface area contributed by atoms with Crippen LogP contribution in [-0.2, 0) is 9.36 Å². The molecule has 2 aromatic rings. The summed E-state index contributed by atoms with van der Waals surface area (Å²) in [5, 5.41) is 1.10. The second-order valence-electron chi connectivity index (χ2n) is 4.37. The van der Waals surface area contributed by atoms with E-state index in [0.717, 1.165) is 0 Å². The molecule has 0 unspecified atom stereocenters. The Morgan fingerprint density at radius 1 is 0.895 bits per heavy atom. The third kappa shape index (κ3) is 2.45. The standard InChI is InChI=1S/C16H15O2P/c1-13(2)16(17)19(18,14-9-5-3-6-10-14)15-11-7-4-8-12-15/h3-12H,1H2,2H3. The van der Waals surface area contributed by atoms with Crippen LogP contribution in [-0.4, -0.2) is 5.52 Å². The van der Waals surface area contributed by atoms with Crippen molar-refractivity contribution in [3.63, 3.8) is 0 Å². The number of allylic oxidation sites excluding steroid dienone is 1. The molecular formula is C16H15O2P. The lowest BCUT2D eigenvalue weighted by Crippen LogP contribution is -2.22. The SMILES string of the molecule is C=C(C)C(=O)P(=O)(c1ccccc1)c1ccccc1. The van der Waals surface area contributed by atoms with Crippen molar-refractivity contribution in [2.45, 2.75) is 6.92 Å². The number of carbonyl (C=O) groups excluding carboxylic acids is 1. The molecule has 0 spiro atoms. The molecule has 0 saturated carbocycles. The lowest BCUT2D eigenvalue weighted by molar-refractivity contribution is -0.108. The smallest absolute Gasteiger partial charge is 0.225 e. The van der Waals surface area contributed by atoms with E-state index < -0.39 is 7.14 Å². The average Bonchev–Trinajstić information content (AvgIpc) is 2.47. The molecule has 0 aliphatic rings. The molecule has 0 aliphatic heterocycles. The molecular weight excluding hydrogens is 255 g/mol. The van der Waals surface area contributed by atoms with Gasteiger partial charge in [0, 0.05) is 10.6 Å². The molecule has 0 atom stereocenters. The summed E-state index contributed by atoms with van der Waals surface area (Å²) in [6, 6.07) is 17.8. The molecule has 0 amide bonds. The summed E-state index contributed by atoms with van der Waals surface area (Å²) in [5.74, 6) is 0. The molecule has 0 heterocycles. The van der Waals surface area contributed by atoms with E-state index in [2.05, 4.69) is 6.58 Å². The van der Waals surface area contributed by atoms with Crippen LogP contribution >= 0.6 is 7.14 Å². The normalized spacial score (nSPS) is 11.0. The highest BCUT2D eigenvalue weighted by Crippen LogP contribution is 2.46. The van der Waals surface area contributed by atoms with E-state index in [-0.39, 0.29) is 5.52 Å². The minimum absolute atomic E-state index is 0.316. The summed E-state index contributed by atoms with van der Waals surface area (Å²) in [4.78, 5) is 12.4. The zero-order valence-corrected chi connectivity index (χ0v) is 11.6. The minimum atomic E-state index is -3.31. The molecule has 2 nitrogen and oxygen atoms in total. The summed E-state index contributed by atoms with van der Waals surface area (Å²) in [5.41, 5.74) is -0.0686. The van der Waals surface area contributed by atoms with E-state index in [4.69, 9.17) is 0 Å². The van der Waals surface area contributed by atoms with Gasteiger partial charge in [0.1, 0.15) is 0 Å². The maximum absolute atomic E-state index is 13.3. The van der Waals surface area contributed by atoms with Gasteiger partial charge in [-0.3, -0.25) is 4.79 Å². The zero-order valence-electron chi connectivity index (χ0n) is 10.7. The van der Waals surface area contributed by atoms with Gasteiger partial charge in [-0.15, -0.1) is 0 Å². The number of hydrogen-bond donors (Lipinski definition) is 0. The Balaban J connectivity index is 2.68. The lowest BCUT2D eigenvalue weighted by atomic mass is 10.4. The van der Waals surface area contributed by atoms with Crippen molar-refractivity contribution in [2.24, 2.45) is 0 Å². The largest absolute Gasteiger partial charge is 0.305 e. The molecule has 0 saturated heterocycles. The van der Waals surface area contributed by atoms with Crippen LogP contribution in [0.3, 0.4) is 0 Å². The number of carbonyl (C=O) groups is 1. The van der Waals surface area contributed by atoms with E-state index in [1.54, 1.807) is 55.5 Å². The first-order valence-corrected chi connectivity index (χ1v) is 7.69. The molecule has 0 radical (unpaired) electrons. The van der Waals surface area contributed by atoms with Crippen LogP contribution in [0.4, 0.5) is 0 Å². The Labute approximate surface area is 113 Å². The van der Waals surface area contributed by atoms with Gasteiger partial charge in [-0.2, -0.15) is 0 Å². The van der Waals surface area contributed by atoms with E-state index >= 15 is 0 Å². The monoisotopic (exact) mass is 270 g/mol. The second kappa shape index (κ2) is 5.38. The summed E-state index contributed by atoms with van der Waals surface area (Å²) in [7, 11) is -3.31. The zero-order chi connectivity index (χ0) is 13.9. The highest BCUT2D eigenvalue weighted by atomic mass is 31.2. The van der Waals surface area contributed by atoms with Crippen LogP contribution in [0.1, 0.15) is 6.92 Å². The fourth-order valence-corrected chi connectivity index (χ4v) is 4.42. The molecule has 0 bridgehead atoms. The van der Waals surface area contributed by atoms with Gasteiger partial charge in [-0.25, -0.2) is 0 Å². The first-order chi connectivity index (χ1) is 9.06. The highest BCUT2D eigenvalue weighted by Gasteiger charge is 2.35. The van der Waals surface area contributed by atoms with Crippen LogP contribution in [0.2, 0.25) is 0 Å². The molecule has 2 aromatic carbocycles. The molecule has 19 heavy (non-hydrogen) atoms. The lowest BCUT2D eigenvalue weighted by Gasteiger charge is -2.17. The third-order valence-electron chi connectivity index (χ3n) is 2.89. The van der Waals surface area contributed by atoms with Crippen molar-refractivity contribution in [3.8, 4) is 0 Å². The van der Waals surface area contributed by atoms with Crippen LogP contribution in [0.25, 0.3) is 0 Å². The second-order valence-corrected chi connectivity index (χ2v) is 7.02. The summed E-state index contributed by atoms with van der Waals surface area (Å²) < 4.78 is 13.3. The Morgan fingerprint density at radius 3 is 1.58 bits per heavy atom. The predicted molar refractivity (Wildman–Crippen MR) is 79.6 cm³/mol. The third-order valence-corrected chi connectivity index (χ3v) is 5.90. The van der Waals surface area contributed by atoms with Gasteiger partial charge in [-0.05, 0) is 12.5 Å². The van der Waals surface area contributed by atoms with Crippen LogP contribution in [0, 0.1) is 0 Å². The van der Waals surface area contributed by atoms with Crippen LogP contribution < -0.4 is 10.6 Å². The Bertz CT molecular complexity index is 601. The molecule has 0 N–H and O–H groups in total. The molecule has 0 aliphatic carbocycles. The van der Waals surface area contributed by atoms with Gasteiger partial charge in [0.2, 0.25) is 12.7 Å². The van der Waals surface area contributed by atoms with Crippen molar-refractivity contribution in [3.05, 3.63) is 72.8 Å². The van der Waals surface area contributed by atoms with Gasteiger partial charge < -0.3 is 4.57 Å². The van der Waals surface area contributed by atoms with E-state index in [1.165, 1.54) is 0 Å². The average molecular weight is 270 g/mol. The summed E-state index contributed by atoms with van der Waals surface area (Å²) in [6.07, 6.45) is 0. The van der Waals surface area contributed by atoms with Crippen molar-refractivity contribution in [2.75, 3.05) is 0 Å². The first-order valence-electron chi connectivity index (χ1n) is 5.98. The Kier molecular flexibility index (Phi) is 3.82. The Hall–Kier alpha value is -1.92. The molecule has 0 fully saturated rings. The van der Waals surface area contributed by atoms with Gasteiger partial charge in [0.15, 0.2) is 0 Å². The van der Waals surface area contributed by atoms with Gasteiger partial charge >= 0.3 is 0 Å². The van der Waals surface area contributed by atoms with Crippen LogP contribution in [0.15, 0.2) is 72.8 Å².